The zero-order chi connectivity index (χ0) is 13.1. The molecule has 4 nitrogen and oxygen atoms in total. The van der Waals surface area contributed by atoms with Crippen molar-refractivity contribution in [1.29, 1.82) is 0 Å². The van der Waals surface area contributed by atoms with E-state index >= 15 is 0 Å². The predicted molar refractivity (Wildman–Crippen MR) is 71.3 cm³/mol. The van der Waals surface area contributed by atoms with Crippen LogP contribution < -0.4 is 5.32 Å². The fourth-order valence-electron chi connectivity index (χ4n) is 2.96. The highest BCUT2D eigenvalue weighted by Crippen LogP contribution is 2.25. The van der Waals surface area contributed by atoms with Gasteiger partial charge in [-0.2, -0.15) is 0 Å². The van der Waals surface area contributed by atoms with Gasteiger partial charge in [0.1, 0.15) is 0 Å². The van der Waals surface area contributed by atoms with Crippen LogP contribution in [0.4, 0.5) is 0 Å². The van der Waals surface area contributed by atoms with Gasteiger partial charge in [0.15, 0.2) is 0 Å². The van der Waals surface area contributed by atoms with Crippen LogP contribution in [-0.2, 0) is 9.53 Å². The van der Waals surface area contributed by atoms with Crippen LogP contribution in [0.15, 0.2) is 0 Å². The van der Waals surface area contributed by atoms with Crippen molar-refractivity contribution < 1.29 is 9.53 Å². The molecule has 1 N–H and O–H groups in total. The summed E-state index contributed by atoms with van der Waals surface area (Å²) in [6.45, 7) is 10.6. The van der Waals surface area contributed by atoms with Gasteiger partial charge in [-0.05, 0) is 24.8 Å². The molecule has 2 rings (SSSR count). The highest BCUT2D eigenvalue weighted by Gasteiger charge is 2.37. The third kappa shape index (κ3) is 2.86. The predicted octanol–water partition coefficient (Wildman–Crippen LogP) is 1.12. The smallest absolute Gasteiger partial charge is 0.229 e. The molecule has 4 unspecified atom stereocenters. The first kappa shape index (κ1) is 13.8. The summed E-state index contributed by atoms with van der Waals surface area (Å²) in [5, 5.41) is 3.36. The van der Waals surface area contributed by atoms with Gasteiger partial charge in [-0.25, -0.2) is 0 Å². The second-order valence-corrected chi connectivity index (χ2v) is 5.84. The summed E-state index contributed by atoms with van der Waals surface area (Å²) < 4.78 is 5.47. The monoisotopic (exact) mass is 254 g/mol. The number of piperidine rings is 1. The van der Waals surface area contributed by atoms with Crippen molar-refractivity contribution in [2.45, 2.75) is 33.2 Å². The minimum Gasteiger partial charge on any atom is -0.379 e. The Balaban J connectivity index is 1.94. The molecule has 2 aliphatic rings. The summed E-state index contributed by atoms with van der Waals surface area (Å²) in [6.07, 6.45) is 1.13. The number of amides is 1. The van der Waals surface area contributed by atoms with Crippen LogP contribution in [0.25, 0.3) is 0 Å². The molecular formula is C14H26N2O2. The van der Waals surface area contributed by atoms with Gasteiger partial charge in [0, 0.05) is 19.1 Å². The summed E-state index contributed by atoms with van der Waals surface area (Å²) >= 11 is 0. The molecule has 0 radical (unpaired) electrons. The summed E-state index contributed by atoms with van der Waals surface area (Å²) in [4.78, 5) is 14.6. The molecule has 4 atom stereocenters. The molecule has 0 aromatic heterocycles. The molecule has 4 heteroatoms. The number of hydrogen-bond acceptors (Lipinski definition) is 3. The lowest BCUT2D eigenvalue weighted by Gasteiger charge is -2.37. The molecule has 2 fully saturated rings. The van der Waals surface area contributed by atoms with E-state index in [0.717, 1.165) is 32.0 Å². The first-order chi connectivity index (χ1) is 8.63. The Morgan fingerprint density at radius 1 is 1.33 bits per heavy atom. The molecule has 0 bridgehead atoms. The second kappa shape index (κ2) is 6.02. The van der Waals surface area contributed by atoms with Crippen LogP contribution in [0, 0.1) is 17.8 Å². The quantitative estimate of drug-likeness (QED) is 0.820. The zero-order valence-corrected chi connectivity index (χ0v) is 11.8. The van der Waals surface area contributed by atoms with E-state index in [1.807, 2.05) is 4.90 Å². The van der Waals surface area contributed by atoms with E-state index in [1.165, 1.54) is 0 Å². The van der Waals surface area contributed by atoms with Gasteiger partial charge in [0.05, 0.1) is 19.1 Å². The minimum absolute atomic E-state index is 0.0190. The number of likely N-dealkylation sites (tertiary alicyclic amines) is 1. The van der Waals surface area contributed by atoms with Gasteiger partial charge in [0.25, 0.3) is 0 Å². The molecule has 2 saturated heterocycles. The van der Waals surface area contributed by atoms with E-state index < -0.39 is 0 Å². The molecule has 0 aliphatic carbocycles. The second-order valence-electron chi connectivity index (χ2n) is 5.84. The summed E-state index contributed by atoms with van der Waals surface area (Å²) in [5.74, 6) is 1.66. The van der Waals surface area contributed by atoms with Crippen molar-refractivity contribution >= 4 is 5.91 Å². The fraction of sp³-hybridized carbons (Fsp3) is 0.929. The summed E-state index contributed by atoms with van der Waals surface area (Å²) in [7, 11) is 0. The Labute approximate surface area is 110 Å². The lowest BCUT2D eigenvalue weighted by atomic mass is 9.87. The van der Waals surface area contributed by atoms with Gasteiger partial charge in [0.2, 0.25) is 5.91 Å². The maximum Gasteiger partial charge on any atom is 0.229 e. The van der Waals surface area contributed by atoms with Crippen LogP contribution in [0.3, 0.4) is 0 Å². The Kier molecular flexibility index (Phi) is 4.62. The number of ether oxygens (including phenoxy) is 1. The van der Waals surface area contributed by atoms with Crippen molar-refractivity contribution in [2.24, 2.45) is 17.8 Å². The molecule has 0 aromatic carbocycles. The van der Waals surface area contributed by atoms with E-state index in [9.17, 15) is 4.79 Å². The Morgan fingerprint density at radius 3 is 2.78 bits per heavy atom. The highest BCUT2D eigenvalue weighted by atomic mass is 16.5. The maximum absolute atomic E-state index is 12.5. The lowest BCUT2D eigenvalue weighted by molar-refractivity contribution is -0.138. The number of rotatable bonds is 3. The van der Waals surface area contributed by atoms with Crippen LogP contribution >= 0.6 is 0 Å². The number of carbonyl (C=O) groups excluding carboxylic acids is 1. The Bertz CT molecular complexity index is 296. The van der Waals surface area contributed by atoms with Crippen LogP contribution in [0.5, 0.6) is 0 Å². The minimum atomic E-state index is 0.0190. The van der Waals surface area contributed by atoms with Crippen molar-refractivity contribution in [3.63, 3.8) is 0 Å². The molecular weight excluding hydrogens is 228 g/mol. The van der Waals surface area contributed by atoms with Crippen molar-refractivity contribution in [1.82, 2.24) is 10.2 Å². The van der Waals surface area contributed by atoms with E-state index in [1.54, 1.807) is 0 Å². The topological polar surface area (TPSA) is 41.6 Å². The highest BCUT2D eigenvalue weighted by molar-refractivity contribution is 5.80. The molecule has 104 valence electrons. The number of carbonyl (C=O) groups is 1. The average molecular weight is 254 g/mol. The molecule has 18 heavy (non-hydrogen) atoms. The summed E-state index contributed by atoms with van der Waals surface area (Å²) in [6, 6.07) is 0.206. The first-order valence-electron chi connectivity index (χ1n) is 7.23. The van der Waals surface area contributed by atoms with E-state index in [0.29, 0.717) is 19.1 Å². The molecule has 0 spiro atoms. The van der Waals surface area contributed by atoms with Crippen molar-refractivity contribution in [3.05, 3.63) is 0 Å². The third-order valence-corrected chi connectivity index (χ3v) is 4.51. The van der Waals surface area contributed by atoms with Crippen LogP contribution in [0.1, 0.15) is 27.2 Å². The third-order valence-electron chi connectivity index (χ3n) is 4.51. The van der Waals surface area contributed by atoms with Gasteiger partial charge in [-0.15, -0.1) is 0 Å². The normalized spacial score (nSPS) is 36.9. The number of likely N-dealkylation sites (N-methyl/N-ethyl adjacent to an activating group) is 1. The van der Waals surface area contributed by atoms with Gasteiger partial charge in [-0.3, -0.25) is 4.79 Å². The Morgan fingerprint density at radius 2 is 2.11 bits per heavy atom. The number of nitrogens with one attached hydrogen (secondary N) is 1. The van der Waals surface area contributed by atoms with Crippen LogP contribution in [0.2, 0.25) is 0 Å². The SMILES string of the molecule is CCNC1COCC1C(=O)N1CCC(C)C(C)C1. The molecule has 2 heterocycles. The number of hydrogen-bond donors (Lipinski definition) is 1. The zero-order valence-electron chi connectivity index (χ0n) is 11.8. The number of nitrogens with zero attached hydrogens (tertiary/aromatic N) is 1. The molecule has 2 aliphatic heterocycles. The molecule has 1 amide bonds. The largest absolute Gasteiger partial charge is 0.379 e. The molecule has 0 aromatic rings. The first-order valence-corrected chi connectivity index (χ1v) is 7.23. The van der Waals surface area contributed by atoms with Gasteiger partial charge in [-0.1, -0.05) is 20.8 Å². The average Bonchev–Trinajstić information content (AvgIpc) is 2.80. The van der Waals surface area contributed by atoms with Crippen molar-refractivity contribution in [2.75, 3.05) is 32.8 Å². The van der Waals surface area contributed by atoms with Crippen molar-refractivity contribution in [3.8, 4) is 0 Å². The van der Waals surface area contributed by atoms with E-state index in [4.69, 9.17) is 4.74 Å². The lowest BCUT2D eigenvalue weighted by Crippen LogP contribution is -2.49. The molecule has 0 saturated carbocycles. The van der Waals surface area contributed by atoms with Gasteiger partial charge >= 0.3 is 0 Å². The van der Waals surface area contributed by atoms with Crippen LogP contribution in [-0.4, -0.2) is 49.7 Å². The van der Waals surface area contributed by atoms with E-state index in [-0.39, 0.29) is 17.9 Å². The Hall–Kier alpha value is -0.610. The fourth-order valence-corrected chi connectivity index (χ4v) is 2.96. The maximum atomic E-state index is 12.5. The van der Waals surface area contributed by atoms with E-state index in [2.05, 4.69) is 26.1 Å². The summed E-state index contributed by atoms with van der Waals surface area (Å²) in [5.41, 5.74) is 0. The van der Waals surface area contributed by atoms with Gasteiger partial charge < -0.3 is 15.0 Å². The standard InChI is InChI=1S/C14H26N2O2/c1-4-15-13-9-18-8-12(13)14(17)16-6-5-10(2)11(3)7-16/h10-13,15H,4-9H2,1-3H3.